The molecule has 0 aliphatic heterocycles. The molecule has 1 nitrogen and oxygen atoms in total. The molecular weight excluding hydrogens is 160 g/mol. The van der Waals surface area contributed by atoms with E-state index in [0.717, 1.165) is 18.1 Å². The highest BCUT2D eigenvalue weighted by molar-refractivity contribution is 5.53. The number of rotatable bonds is 2. The molecule has 0 aromatic heterocycles. The van der Waals surface area contributed by atoms with Crippen LogP contribution in [0.5, 0.6) is 0 Å². The molecule has 3 saturated carbocycles. The summed E-state index contributed by atoms with van der Waals surface area (Å²) in [6, 6.07) is 0. The fourth-order valence-corrected chi connectivity index (χ4v) is 3.60. The van der Waals surface area contributed by atoms with Gasteiger partial charge in [-0.05, 0) is 42.4 Å². The first-order valence-electron chi connectivity index (χ1n) is 5.52. The van der Waals surface area contributed by atoms with Gasteiger partial charge in [-0.25, -0.2) is 0 Å². The molecule has 3 rings (SSSR count). The van der Waals surface area contributed by atoms with E-state index in [-0.39, 0.29) is 5.92 Å². The van der Waals surface area contributed by atoms with Gasteiger partial charge in [-0.2, -0.15) is 0 Å². The Hall–Kier alpha value is -0.330. The Labute approximate surface area is 80.9 Å². The van der Waals surface area contributed by atoms with E-state index in [1.54, 1.807) is 0 Å². The molecule has 0 radical (unpaired) electrons. The molecule has 2 bridgehead atoms. The summed E-state index contributed by atoms with van der Waals surface area (Å²) in [6.45, 7) is 6.86. The van der Waals surface area contributed by atoms with Crippen molar-refractivity contribution in [2.24, 2.45) is 29.1 Å². The highest BCUT2D eigenvalue weighted by atomic mass is 16.1. The van der Waals surface area contributed by atoms with E-state index >= 15 is 0 Å². The lowest BCUT2D eigenvalue weighted by molar-refractivity contribution is -0.132. The predicted molar refractivity (Wildman–Crippen MR) is 53.3 cm³/mol. The minimum atomic E-state index is 0.283. The van der Waals surface area contributed by atoms with Gasteiger partial charge in [0.2, 0.25) is 0 Å². The van der Waals surface area contributed by atoms with Crippen molar-refractivity contribution >= 4 is 6.29 Å². The van der Waals surface area contributed by atoms with Crippen molar-refractivity contribution in [3.63, 3.8) is 0 Å². The zero-order chi connectivity index (χ0) is 9.64. The van der Waals surface area contributed by atoms with Crippen LogP contribution in [0.3, 0.4) is 0 Å². The second kappa shape index (κ2) is 2.83. The molecule has 0 amide bonds. The Morgan fingerprint density at radius 3 is 2.54 bits per heavy atom. The monoisotopic (exact) mass is 180 g/mol. The molecular formula is C12H20O. The molecule has 3 aliphatic carbocycles. The predicted octanol–water partition coefficient (Wildman–Crippen LogP) is 2.89. The number of hydrogen-bond acceptors (Lipinski definition) is 1. The SMILES string of the molecule is CC(C=O)C1CCC2CC1C2(C)C. The number of carbonyl (C=O) groups excluding carboxylic acids is 1. The Morgan fingerprint density at radius 1 is 1.38 bits per heavy atom. The minimum Gasteiger partial charge on any atom is -0.303 e. The largest absolute Gasteiger partial charge is 0.303 e. The van der Waals surface area contributed by atoms with Crippen molar-refractivity contribution < 1.29 is 4.79 Å². The van der Waals surface area contributed by atoms with Crippen LogP contribution in [0.1, 0.15) is 40.0 Å². The number of carbonyl (C=O) groups is 1. The molecule has 3 aliphatic rings. The summed E-state index contributed by atoms with van der Waals surface area (Å²) in [6.07, 6.45) is 5.18. The van der Waals surface area contributed by atoms with Gasteiger partial charge in [0, 0.05) is 5.92 Å². The van der Waals surface area contributed by atoms with E-state index < -0.39 is 0 Å². The first kappa shape index (κ1) is 9.23. The lowest BCUT2D eigenvalue weighted by atomic mass is 9.44. The van der Waals surface area contributed by atoms with Crippen molar-refractivity contribution in [1.82, 2.24) is 0 Å². The van der Waals surface area contributed by atoms with Gasteiger partial charge in [0.25, 0.3) is 0 Å². The van der Waals surface area contributed by atoms with Crippen molar-refractivity contribution in [3.05, 3.63) is 0 Å². The molecule has 4 unspecified atom stereocenters. The van der Waals surface area contributed by atoms with E-state index in [0.29, 0.717) is 11.3 Å². The summed E-state index contributed by atoms with van der Waals surface area (Å²) >= 11 is 0. The van der Waals surface area contributed by atoms with Crippen LogP contribution in [-0.4, -0.2) is 6.29 Å². The Morgan fingerprint density at radius 2 is 2.08 bits per heavy atom. The second-order valence-corrected chi connectivity index (χ2v) is 5.60. The molecule has 0 spiro atoms. The molecule has 0 aromatic rings. The van der Waals surface area contributed by atoms with E-state index in [9.17, 15) is 4.79 Å². The van der Waals surface area contributed by atoms with E-state index in [2.05, 4.69) is 20.8 Å². The maximum absolute atomic E-state index is 10.8. The van der Waals surface area contributed by atoms with E-state index in [4.69, 9.17) is 0 Å². The van der Waals surface area contributed by atoms with Gasteiger partial charge in [0.1, 0.15) is 6.29 Å². The first-order chi connectivity index (χ1) is 6.07. The average molecular weight is 180 g/mol. The van der Waals surface area contributed by atoms with Crippen LogP contribution in [0.4, 0.5) is 0 Å². The maximum atomic E-state index is 10.8. The Balaban J connectivity index is 2.11. The van der Waals surface area contributed by atoms with Crippen molar-refractivity contribution in [1.29, 1.82) is 0 Å². The van der Waals surface area contributed by atoms with Gasteiger partial charge in [-0.15, -0.1) is 0 Å². The summed E-state index contributed by atoms with van der Waals surface area (Å²) in [5.41, 5.74) is 0.528. The number of fused-ring (bicyclic) bond motifs is 2. The minimum absolute atomic E-state index is 0.283. The lowest BCUT2D eigenvalue weighted by Crippen LogP contribution is -2.53. The zero-order valence-corrected chi connectivity index (χ0v) is 8.92. The zero-order valence-electron chi connectivity index (χ0n) is 8.92. The van der Waals surface area contributed by atoms with Crippen LogP contribution < -0.4 is 0 Å². The van der Waals surface area contributed by atoms with Crippen LogP contribution >= 0.6 is 0 Å². The van der Waals surface area contributed by atoms with Gasteiger partial charge >= 0.3 is 0 Å². The summed E-state index contributed by atoms with van der Waals surface area (Å²) in [7, 11) is 0. The number of hydrogen-bond donors (Lipinski definition) is 0. The Kier molecular flexibility index (Phi) is 2.01. The molecule has 3 fully saturated rings. The standard InChI is InChI=1S/C12H20O/c1-8(7-13)10-5-4-9-6-11(10)12(9,2)3/h7-11H,4-6H2,1-3H3. The maximum Gasteiger partial charge on any atom is 0.123 e. The molecule has 1 heteroatoms. The molecule has 4 atom stereocenters. The quantitative estimate of drug-likeness (QED) is 0.597. The third kappa shape index (κ3) is 1.16. The number of aldehydes is 1. The normalized spacial score (nSPS) is 43.5. The third-order valence-corrected chi connectivity index (χ3v) is 4.80. The fraction of sp³-hybridized carbons (Fsp3) is 0.917. The van der Waals surface area contributed by atoms with Crippen LogP contribution in [-0.2, 0) is 4.79 Å². The molecule has 0 aromatic carbocycles. The molecule has 0 N–H and O–H groups in total. The first-order valence-corrected chi connectivity index (χ1v) is 5.52. The smallest absolute Gasteiger partial charge is 0.123 e. The van der Waals surface area contributed by atoms with Gasteiger partial charge < -0.3 is 4.79 Å². The van der Waals surface area contributed by atoms with Gasteiger partial charge in [0.05, 0.1) is 0 Å². The van der Waals surface area contributed by atoms with Crippen molar-refractivity contribution in [3.8, 4) is 0 Å². The summed E-state index contributed by atoms with van der Waals surface area (Å²) < 4.78 is 0. The molecule has 0 heterocycles. The topological polar surface area (TPSA) is 17.1 Å². The third-order valence-electron chi connectivity index (χ3n) is 4.80. The highest BCUT2D eigenvalue weighted by Gasteiger charge is 2.54. The van der Waals surface area contributed by atoms with E-state index in [1.165, 1.54) is 19.3 Å². The lowest BCUT2D eigenvalue weighted by Gasteiger charge is -2.61. The highest BCUT2D eigenvalue weighted by Crippen LogP contribution is 2.62. The van der Waals surface area contributed by atoms with Gasteiger partial charge in [-0.3, -0.25) is 0 Å². The summed E-state index contributed by atoms with van der Waals surface area (Å²) in [5.74, 6) is 2.74. The Bertz CT molecular complexity index is 217. The summed E-state index contributed by atoms with van der Waals surface area (Å²) in [5, 5.41) is 0. The van der Waals surface area contributed by atoms with E-state index in [1.807, 2.05) is 0 Å². The van der Waals surface area contributed by atoms with Gasteiger partial charge in [0.15, 0.2) is 0 Å². The fourth-order valence-electron chi connectivity index (χ4n) is 3.60. The van der Waals surface area contributed by atoms with Crippen LogP contribution in [0.2, 0.25) is 0 Å². The van der Waals surface area contributed by atoms with Gasteiger partial charge in [-0.1, -0.05) is 20.8 Å². The van der Waals surface area contributed by atoms with Crippen molar-refractivity contribution in [2.45, 2.75) is 40.0 Å². The molecule has 74 valence electrons. The van der Waals surface area contributed by atoms with Crippen LogP contribution in [0, 0.1) is 29.1 Å². The van der Waals surface area contributed by atoms with Crippen LogP contribution in [0.15, 0.2) is 0 Å². The van der Waals surface area contributed by atoms with Crippen LogP contribution in [0.25, 0.3) is 0 Å². The van der Waals surface area contributed by atoms with Crippen molar-refractivity contribution in [2.75, 3.05) is 0 Å². The average Bonchev–Trinajstić information content (AvgIpc) is 2.16. The molecule has 0 saturated heterocycles. The second-order valence-electron chi connectivity index (χ2n) is 5.60. The summed E-state index contributed by atoms with van der Waals surface area (Å²) in [4.78, 5) is 10.8. The molecule has 13 heavy (non-hydrogen) atoms.